The zero-order valence-corrected chi connectivity index (χ0v) is 13.9. The van der Waals surface area contributed by atoms with Gasteiger partial charge in [-0.2, -0.15) is 0 Å². The Hall–Kier alpha value is -1.55. The Balaban J connectivity index is 1.80. The zero-order valence-electron chi connectivity index (χ0n) is 13.9. The molecule has 1 aromatic rings. The molecule has 1 saturated carbocycles. The lowest BCUT2D eigenvalue weighted by atomic mass is 9.86. The van der Waals surface area contributed by atoms with Crippen molar-refractivity contribution in [2.45, 2.75) is 58.2 Å². The van der Waals surface area contributed by atoms with Crippen LogP contribution in [-0.4, -0.2) is 25.1 Å². The Morgan fingerprint density at radius 3 is 2.86 bits per heavy atom. The number of hydrogen-bond acceptors (Lipinski definition) is 3. The summed E-state index contributed by atoms with van der Waals surface area (Å²) in [6, 6.07) is 8.04. The SMILES string of the molecule is COc1cccc(CNC(C)C(=O)NC2CCCCC2C)c1. The topological polar surface area (TPSA) is 50.4 Å². The van der Waals surface area contributed by atoms with Crippen LogP contribution < -0.4 is 15.4 Å². The molecule has 0 aromatic heterocycles. The number of nitrogens with one attached hydrogen (secondary N) is 2. The van der Waals surface area contributed by atoms with Crippen LogP contribution in [0.5, 0.6) is 5.75 Å². The summed E-state index contributed by atoms with van der Waals surface area (Å²) in [4.78, 5) is 12.3. The molecule has 3 unspecified atom stereocenters. The van der Waals surface area contributed by atoms with E-state index in [4.69, 9.17) is 4.74 Å². The molecule has 122 valence electrons. The van der Waals surface area contributed by atoms with Crippen LogP contribution in [0.25, 0.3) is 0 Å². The number of carbonyl (C=O) groups is 1. The molecular weight excluding hydrogens is 276 g/mol. The minimum atomic E-state index is -0.194. The highest BCUT2D eigenvalue weighted by molar-refractivity contribution is 5.81. The van der Waals surface area contributed by atoms with Crippen molar-refractivity contribution >= 4 is 5.91 Å². The van der Waals surface area contributed by atoms with E-state index in [0.29, 0.717) is 18.5 Å². The van der Waals surface area contributed by atoms with Gasteiger partial charge in [-0.3, -0.25) is 4.79 Å². The smallest absolute Gasteiger partial charge is 0.237 e. The lowest BCUT2D eigenvalue weighted by Gasteiger charge is -2.30. The Morgan fingerprint density at radius 1 is 1.36 bits per heavy atom. The van der Waals surface area contributed by atoms with E-state index >= 15 is 0 Å². The second kappa shape index (κ2) is 8.18. The van der Waals surface area contributed by atoms with Crippen molar-refractivity contribution in [2.75, 3.05) is 7.11 Å². The molecule has 1 aromatic carbocycles. The van der Waals surface area contributed by atoms with Gasteiger partial charge in [-0.1, -0.05) is 31.9 Å². The maximum absolute atomic E-state index is 12.3. The summed E-state index contributed by atoms with van der Waals surface area (Å²) in [5, 5.41) is 6.49. The lowest BCUT2D eigenvalue weighted by molar-refractivity contribution is -0.124. The number of ether oxygens (including phenoxy) is 1. The van der Waals surface area contributed by atoms with Gasteiger partial charge in [0.1, 0.15) is 5.75 Å². The van der Waals surface area contributed by atoms with Gasteiger partial charge in [0.25, 0.3) is 0 Å². The monoisotopic (exact) mass is 304 g/mol. The Labute approximate surface area is 133 Å². The van der Waals surface area contributed by atoms with E-state index in [0.717, 1.165) is 17.7 Å². The van der Waals surface area contributed by atoms with E-state index in [9.17, 15) is 4.79 Å². The lowest BCUT2D eigenvalue weighted by Crippen LogP contribution is -2.48. The van der Waals surface area contributed by atoms with E-state index in [2.05, 4.69) is 17.6 Å². The third-order valence-corrected chi connectivity index (χ3v) is 4.58. The molecule has 1 fully saturated rings. The summed E-state index contributed by atoms with van der Waals surface area (Å²) in [7, 11) is 1.66. The summed E-state index contributed by atoms with van der Waals surface area (Å²) >= 11 is 0. The third-order valence-electron chi connectivity index (χ3n) is 4.58. The first-order valence-corrected chi connectivity index (χ1v) is 8.27. The summed E-state index contributed by atoms with van der Waals surface area (Å²) in [5.41, 5.74) is 1.12. The minimum Gasteiger partial charge on any atom is -0.497 e. The molecule has 0 bridgehead atoms. The van der Waals surface area contributed by atoms with Crippen molar-refractivity contribution in [3.63, 3.8) is 0 Å². The summed E-state index contributed by atoms with van der Waals surface area (Å²) in [6.45, 7) is 4.81. The van der Waals surface area contributed by atoms with Crippen molar-refractivity contribution in [3.8, 4) is 5.75 Å². The highest BCUT2D eigenvalue weighted by Gasteiger charge is 2.24. The van der Waals surface area contributed by atoms with E-state index in [1.807, 2.05) is 31.2 Å². The third kappa shape index (κ3) is 4.73. The average Bonchev–Trinajstić information content (AvgIpc) is 2.54. The Morgan fingerprint density at radius 2 is 2.14 bits per heavy atom. The molecule has 1 aliphatic carbocycles. The van der Waals surface area contributed by atoms with Gasteiger partial charge >= 0.3 is 0 Å². The minimum absolute atomic E-state index is 0.0987. The van der Waals surface area contributed by atoms with Gasteiger partial charge in [-0.25, -0.2) is 0 Å². The van der Waals surface area contributed by atoms with Gasteiger partial charge in [0.05, 0.1) is 13.2 Å². The van der Waals surface area contributed by atoms with Crippen molar-refractivity contribution in [1.29, 1.82) is 0 Å². The molecule has 0 saturated heterocycles. The van der Waals surface area contributed by atoms with Crippen molar-refractivity contribution in [3.05, 3.63) is 29.8 Å². The highest BCUT2D eigenvalue weighted by atomic mass is 16.5. The zero-order chi connectivity index (χ0) is 15.9. The molecule has 3 atom stereocenters. The predicted molar refractivity (Wildman–Crippen MR) is 88.9 cm³/mol. The van der Waals surface area contributed by atoms with Gasteiger partial charge in [0.15, 0.2) is 0 Å². The average molecular weight is 304 g/mol. The molecule has 1 amide bonds. The van der Waals surface area contributed by atoms with Gasteiger partial charge < -0.3 is 15.4 Å². The molecule has 0 aliphatic heterocycles. The first kappa shape index (κ1) is 16.8. The number of benzene rings is 1. The maximum Gasteiger partial charge on any atom is 0.237 e. The van der Waals surface area contributed by atoms with Gasteiger partial charge in [-0.15, -0.1) is 0 Å². The fourth-order valence-corrected chi connectivity index (χ4v) is 2.98. The Kier molecular flexibility index (Phi) is 6.25. The number of methoxy groups -OCH3 is 1. The number of amides is 1. The van der Waals surface area contributed by atoms with Crippen LogP contribution in [0.4, 0.5) is 0 Å². The van der Waals surface area contributed by atoms with Gasteiger partial charge in [0.2, 0.25) is 5.91 Å². The van der Waals surface area contributed by atoms with Crippen LogP contribution in [-0.2, 0) is 11.3 Å². The largest absolute Gasteiger partial charge is 0.497 e. The second-order valence-corrected chi connectivity index (χ2v) is 6.33. The van der Waals surface area contributed by atoms with E-state index in [-0.39, 0.29) is 11.9 Å². The molecule has 4 nitrogen and oxygen atoms in total. The molecular formula is C18H28N2O2. The van der Waals surface area contributed by atoms with Crippen molar-refractivity contribution in [1.82, 2.24) is 10.6 Å². The molecule has 2 N–H and O–H groups in total. The Bertz CT molecular complexity index is 490. The fourth-order valence-electron chi connectivity index (χ4n) is 2.98. The van der Waals surface area contributed by atoms with Crippen LogP contribution in [0.1, 0.15) is 45.1 Å². The molecule has 0 radical (unpaired) electrons. The molecule has 1 aliphatic rings. The van der Waals surface area contributed by atoms with Crippen LogP contribution >= 0.6 is 0 Å². The molecule has 0 heterocycles. The van der Waals surface area contributed by atoms with Crippen molar-refractivity contribution in [2.24, 2.45) is 5.92 Å². The van der Waals surface area contributed by atoms with E-state index in [1.54, 1.807) is 7.11 Å². The molecule has 2 rings (SSSR count). The van der Waals surface area contributed by atoms with E-state index in [1.165, 1.54) is 19.3 Å². The normalized spacial score (nSPS) is 22.9. The highest BCUT2D eigenvalue weighted by Crippen LogP contribution is 2.23. The molecule has 0 spiro atoms. The number of rotatable bonds is 6. The molecule has 4 heteroatoms. The van der Waals surface area contributed by atoms with Crippen LogP contribution in [0.15, 0.2) is 24.3 Å². The quantitative estimate of drug-likeness (QED) is 0.849. The summed E-state index contributed by atoms with van der Waals surface area (Å²) in [6.07, 6.45) is 4.84. The predicted octanol–water partition coefficient (Wildman–Crippen LogP) is 2.87. The van der Waals surface area contributed by atoms with Gasteiger partial charge in [0, 0.05) is 12.6 Å². The molecule has 22 heavy (non-hydrogen) atoms. The van der Waals surface area contributed by atoms with Crippen LogP contribution in [0.2, 0.25) is 0 Å². The first-order chi connectivity index (χ1) is 10.6. The van der Waals surface area contributed by atoms with Gasteiger partial charge in [-0.05, 0) is 43.4 Å². The number of carbonyl (C=O) groups excluding carboxylic acids is 1. The second-order valence-electron chi connectivity index (χ2n) is 6.33. The van der Waals surface area contributed by atoms with E-state index < -0.39 is 0 Å². The summed E-state index contributed by atoms with van der Waals surface area (Å²) in [5.74, 6) is 1.53. The van der Waals surface area contributed by atoms with Crippen LogP contribution in [0, 0.1) is 5.92 Å². The fraction of sp³-hybridized carbons (Fsp3) is 0.611. The van der Waals surface area contributed by atoms with Crippen molar-refractivity contribution < 1.29 is 9.53 Å². The number of hydrogen-bond donors (Lipinski definition) is 2. The first-order valence-electron chi connectivity index (χ1n) is 8.27. The standard InChI is InChI=1S/C18H28N2O2/c1-13-7-4-5-10-17(13)20-18(21)14(2)19-12-15-8-6-9-16(11-15)22-3/h6,8-9,11,13-14,17,19H,4-5,7,10,12H2,1-3H3,(H,20,21). The summed E-state index contributed by atoms with van der Waals surface area (Å²) < 4.78 is 5.21. The van der Waals surface area contributed by atoms with Crippen LogP contribution in [0.3, 0.4) is 0 Å². The maximum atomic E-state index is 12.3.